The van der Waals surface area contributed by atoms with Crippen LogP contribution in [0.1, 0.15) is 11.1 Å². The summed E-state index contributed by atoms with van der Waals surface area (Å²) in [6, 6.07) is 2.11. The van der Waals surface area contributed by atoms with Crippen LogP contribution >= 0.6 is 22.9 Å². The predicted molar refractivity (Wildman–Crippen MR) is 68.2 cm³/mol. The van der Waals surface area contributed by atoms with Crippen LogP contribution in [0.5, 0.6) is 0 Å². The molecule has 0 spiro atoms. The van der Waals surface area contributed by atoms with Crippen LogP contribution < -0.4 is 4.90 Å². The summed E-state index contributed by atoms with van der Waals surface area (Å²) in [6.45, 7) is 2.81. The molecule has 2 aromatic heterocycles. The van der Waals surface area contributed by atoms with E-state index < -0.39 is 0 Å². The van der Waals surface area contributed by atoms with Crippen LogP contribution in [0.25, 0.3) is 0 Å². The van der Waals surface area contributed by atoms with Gasteiger partial charge in [-0.3, -0.25) is 0 Å². The van der Waals surface area contributed by atoms with Gasteiger partial charge in [-0.15, -0.1) is 0 Å². The van der Waals surface area contributed by atoms with E-state index in [4.69, 9.17) is 11.6 Å². The SMILES string of the molecule is Cc1cnc(Cl)nc1N(C)Cc1ccsc1. The Morgan fingerprint density at radius 2 is 2.31 bits per heavy atom. The van der Waals surface area contributed by atoms with E-state index in [9.17, 15) is 0 Å². The number of rotatable bonds is 3. The fraction of sp³-hybridized carbons (Fsp3) is 0.273. The highest BCUT2D eigenvalue weighted by molar-refractivity contribution is 7.07. The smallest absolute Gasteiger partial charge is 0.224 e. The van der Waals surface area contributed by atoms with Crippen molar-refractivity contribution in [2.45, 2.75) is 13.5 Å². The van der Waals surface area contributed by atoms with Gasteiger partial charge in [-0.25, -0.2) is 9.97 Å². The Bertz CT molecular complexity index is 470. The lowest BCUT2D eigenvalue weighted by Gasteiger charge is -2.19. The molecular weight excluding hydrogens is 242 g/mol. The van der Waals surface area contributed by atoms with Crippen molar-refractivity contribution in [1.82, 2.24) is 9.97 Å². The molecule has 5 heteroatoms. The van der Waals surface area contributed by atoms with Gasteiger partial charge < -0.3 is 4.90 Å². The van der Waals surface area contributed by atoms with Gasteiger partial charge in [0.15, 0.2) is 0 Å². The van der Waals surface area contributed by atoms with Crippen LogP contribution in [0.4, 0.5) is 5.82 Å². The monoisotopic (exact) mass is 253 g/mol. The number of hydrogen-bond acceptors (Lipinski definition) is 4. The van der Waals surface area contributed by atoms with E-state index >= 15 is 0 Å². The van der Waals surface area contributed by atoms with Gasteiger partial charge in [0.05, 0.1) is 0 Å². The molecule has 0 atom stereocenters. The van der Waals surface area contributed by atoms with Gasteiger partial charge in [0.2, 0.25) is 5.28 Å². The zero-order chi connectivity index (χ0) is 11.5. The minimum Gasteiger partial charge on any atom is -0.355 e. The molecule has 0 radical (unpaired) electrons. The fourth-order valence-electron chi connectivity index (χ4n) is 1.53. The van der Waals surface area contributed by atoms with Crippen LogP contribution in [0, 0.1) is 6.92 Å². The second-order valence-corrected chi connectivity index (χ2v) is 4.75. The highest BCUT2D eigenvalue weighted by atomic mass is 35.5. The molecule has 0 aliphatic rings. The first kappa shape index (κ1) is 11.4. The van der Waals surface area contributed by atoms with Crippen molar-refractivity contribution >= 4 is 28.8 Å². The van der Waals surface area contributed by atoms with Gasteiger partial charge in [-0.1, -0.05) is 0 Å². The van der Waals surface area contributed by atoms with Crippen LogP contribution in [0.3, 0.4) is 0 Å². The van der Waals surface area contributed by atoms with Crippen LogP contribution in [0.2, 0.25) is 5.28 Å². The minimum absolute atomic E-state index is 0.290. The number of aryl methyl sites for hydroxylation is 1. The van der Waals surface area contributed by atoms with Crippen molar-refractivity contribution in [3.63, 3.8) is 0 Å². The number of halogens is 1. The van der Waals surface area contributed by atoms with Crippen molar-refractivity contribution in [3.8, 4) is 0 Å². The summed E-state index contributed by atoms with van der Waals surface area (Å²) in [5.74, 6) is 0.881. The van der Waals surface area contributed by atoms with E-state index in [2.05, 4.69) is 31.7 Å². The summed E-state index contributed by atoms with van der Waals surface area (Å²) in [6.07, 6.45) is 1.74. The molecule has 0 amide bonds. The Morgan fingerprint density at radius 3 is 3.00 bits per heavy atom. The normalized spacial score (nSPS) is 10.4. The molecule has 2 aromatic rings. The number of nitrogens with zero attached hydrogens (tertiary/aromatic N) is 3. The van der Waals surface area contributed by atoms with E-state index in [0.29, 0.717) is 0 Å². The summed E-state index contributed by atoms with van der Waals surface area (Å²) in [4.78, 5) is 10.3. The first-order valence-corrected chi connectivity index (χ1v) is 6.20. The standard InChI is InChI=1S/C11H12ClN3S/c1-8-5-13-11(12)14-10(8)15(2)6-9-3-4-16-7-9/h3-5,7H,6H2,1-2H3. The zero-order valence-corrected chi connectivity index (χ0v) is 10.7. The first-order chi connectivity index (χ1) is 7.66. The molecule has 2 heterocycles. The highest BCUT2D eigenvalue weighted by Gasteiger charge is 2.08. The summed E-state index contributed by atoms with van der Waals surface area (Å²) in [7, 11) is 2.00. The lowest BCUT2D eigenvalue weighted by atomic mass is 10.3. The van der Waals surface area contributed by atoms with Crippen LogP contribution in [-0.4, -0.2) is 17.0 Å². The molecule has 0 saturated carbocycles. The zero-order valence-electron chi connectivity index (χ0n) is 9.14. The van der Waals surface area contributed by atoms with E-state index in [1.54, 1.807) is 17.5 Å². The topological polar surface area (TPSA) is 29.0 Å². The summed E-state index contributed by atoms with van der Waals surface area (Å²) in [5.41, 5.74) is 2.31. The van der Waals surface area contributed by atoms with Gasteiger partial charge in [-0.2, -0.15) is 11.3 Å². The molecule has 0 fully saturated rings. The second-order valence-electron chi connectivity index (χ2n) is 3.63. The molecule has 0 aliphatic heterocycles. The first-order valence-electron chi connectivity index (χ1n) is 4.88. The number of aromatic nitrogens is 2. The van der Waals surface area contributed by atoms with Crippen molar-refractivity contribution in [3.05, 3.63) is 39.4 Å². The largest absolute Gasteiger partial charge is 0.355 e. The van der Waals surface area contributed by atoms with E-state index in [0.717, 1.165) is 17.9 Å². The van der Waals surface area contributed by atoms with Gasteiger partial charge in [-0.05, 0) is 40.9 Å². The average molecular weight is 254 g/mol. The molecule has 3 nitrogen and oxygen atoms in total. The van der Waals surface area contributed by atoms with Gasteiger partial charge in [0.1, 0.15) is 5.82 Å². The molecule has 84 valence electrons. The summed E-state index contributed by atoms with van der Waals surface area (Å²) < 4.78 is 0. The maximum atomic E-state index is 5.80. The number of anilines is 1. The summed E-state index contributed by atoms with van der Waals surface area (Å²) in [5, 5.41) is 4.50. The molecule has 0 saturated heterocycles. The lowest BCUT2D eigenvalue weighted by molar-refractivity contribution is 0.885. The molecule has 2 rings (SSSR count). The Labute approximate surface area is 104 Å². The Morgan fingerprint density at radius 1 is 1.50 bits per heavy atom. The van der Waals surface area contributed by atoms with E-state index in [1.165, 1.54) is 5.56 Å². The second kappa shape index (κ2) is 4.80. The summed E-state index contributed by atoms with van der Waals surface area (Å²) >= 11 is 7.49. The van der Waals surface area contributed by atoms with Crippen molar-refractivity contribution in [2.24, 2.45) is 0 Å². The van der Waals surface area contributed by atoms with Gasteiger partial charge >= 0.3 is 0 Å². The quantitative estimate of drug-likeness (QED) is 0.787. The van der Waals surface area contributed by atoms with Gasteiger partial charge in [0, 0.05) is 25.4 Å². The molecule has 16 heavy (non-hydrogen) atoms. The number of thiophene rings is 1. The lowest BCUT2D eigenvalue weighted by Crippen LogP contribution is -2.18. The molecule has 0 aromatic carbocycles. The number of hydrogen-bond donors (Lipinski definition) is 0. The average Bonchev–Trinajstić information content (AvgIpc) is 2.74. The van der Waals surface area contributed by atoms with Crippen molar-refractivity contribution < 1.29 is 0 Å². The van der Waals surface area contributed by atoms with Crippen molar-refractivity contribution in [1.29, 1.82) is 0 Å². The predicted octanol–water partition coefficient (Wildman–Crippen LogP) is 3.14. The maximum absolute atomic E-state index is 5.80. The third-order valence-electron chi connectivity index (χ3n) is 2.28. The molecule has 0 aliphatic carbocycles. The fourth-order valence-corrected chi connectivity index (χ4v) is 2.32. The van der Waals surface area contributed by atoms with Crippen LogP contribution in [0.15, 0.2) is 23.0 Å². The third-order valence-corrected chi connectivity index (χ3v) is 3.19. The third kappa shape index (κ3) is 2.51. The Hall–Kier alpha value is -1.13. The molecule has 0 N–H and O–H groups in total. The molecular formula is C11H12ClN3S. The van der Waals surface area contributed by atoms with E-state index in [1.807, 2.05) is 14.0 Å². The Balaban J connectivity index is 2.20. The Kier molecular flexibility index (Phi) is 3.41. The molecule has 0 bridgehead atoms. The van der Waals surface area contributed by atoms with Crippen LogP contribution in [-0.2, 0) is 6.54 Å². The minimum atomic E-state index is 0.290. The van der Waals surface area contributed by atoms with E-state index in [-0.39, 0.29) is 5.28 Å². The highest BCUT2D eigenvalue weighted by Crippen LogP contribution is 2.19. The van der Waals surface area contributed by atoms with Gasteiger partial charge in [0.25, 0.3) is 0 Å². The maximum Gasteiger partial charge on any atom is 0.224 e. The molecule has 0 unspecified atom stereocenters. The van der Waals surface area contributed by atoms with Crippen molar-refractivity contribution in [2.75, 3.05) is 11.9 Å².